The largest absolute Gasteiger partial charge is 0.350 e. The number of hydrogen-bond acceptors (Lipinski definition) is 2. The Bertz CT molecular complexity index is 664. The van der Waals surface area contributed by atoms with Gasteiger partial charge in [0, 0.05) is 30.9 Å². The predicted octanol–water partition coefficient (Wildman–Crippen LogP) is 2.36. The Morgan fingerprint density at radius 1 is 1.43 bits per heavy atom. The summed E-state index contributed by atoms with van der Waals surface area (Å²) in [6.45, 7) is 5.48. The van der Waals surface area contributed by atoms with E-state index in [1.807, 2.05) is 17.8 Å². The number of amides is 1. The van der Waals surface area contributed by atoms with Gasteiger partial charge in [-0.2, -0.15) is 5.10 Å². The minimum atomic E-state index is -0.0181. The van der Waals surface area contributed by atoms with E-state index in [0.29, 0.717) is 12.5 Å². The van der Waals surface area contributed by atoms with Crippen molar-refractivity contribution in [1.29, 1.82) is 0 Å². The van der Waals surface area contributed by atoms with Crippen molar-refractivity contribution in [3.8, 4) is 0 Å². The molecule has 0 bridgehead atoms. The fourth-order valence-electron chi connectivity index (χ4n) is 2.72. The van der Waals surface area contributed by atoms with Gasteiger partial charge in [0.1, 0.15) is 0 Å². The third kappa shape index (κ3) is 2.60. The zero-order valence-electron chi connectivity index (χ0n) is 12.9. The molecule has 3 rings (SSSR count). The summed E-state index contributed by atoms with van der Waals surface area (Å²) in [7, 11) is 2.02. The highest BCUT2D eigenvalue weighted by molar-refractivity contribution is 5.95. The number of nitrogens with zero attached hydrogens (tertiary/aromatic N) is 3. The molecule has 1 N–H and O–H groups in total. The van der Waals surface area contributed by atoms with E-state index in [1.165, 1.54) is 18.5 Å². The molecule has 1 saturated carbocycles. The second-order valence-electron chi connectivity index (χ2n) is 5.74. The van der Waals surface area contributed by atoms with E-state index in [9.17, 15) is 4.79 Å². The van der Waals surface area contributed by atoms with Crippen LogP contribution in [0.2, 0.25) is 0 Å². The fourth-order valence-corrected chi connectivity index (χ4v) is 2.72. The second-order valence-corrected chi connectivity index (χ2v) is 5.74. The van der Waals surface area contributed by atoms with Crippen LogP contribution in [0.4, 0.5) is 0 Å². The van der Waals surface area contributed by atoms with Crippen LogP contribution in [0.25, 0.3) is 0 Å². The average Bonchev–Trinajstić information content (AvgIpc) is 3.16. The Morgan fingerprint density at radius 3 is 2.76 bits per heavy atom. The zero-order valence-corrected chi connectivity index (χ0v) is 12.9. The molecule has 1 aliphatic rings. The number of aromatic nitrogens is 3. The molecule has 0 unspecified atom stereocenters. The van der Waals surface area contributed by atoms with Gasteiger partial charge in [-0.3, -0.25) is 9.48 Å². The summed E-state index contributed by atoms with van der Waals surface area (Å²) < 4.78 is 4.05. The molecule has 2 heterocycles. The average molecular weight is 286 g/mol. The van der Waals surface area contributed by atoms with Gasteiger partial charge >= 0.3 is 0 Å². The molecule has 0 atom stereocenters. The van der Waals surface area contributed by atoms with Crippen molar-refractivity contribution in [2.45, 2.75) is 45.7 Å². The van der Waals surface area contributed by atoms with Crippen LogP contribution in [0.15, 0.2) is 18.3 Å². The summed E-state index contributed by atoms with van der Waals surface area (Å²) in [5.41, 5.74) is 4.15. The van der Waals surface area contributed by atoms with Gasteiger partial charge in [-0.15, -0.1) is 0 Å². The molecule has 112 valence electrons. The van der Waals surface area contributed by atoms with E-state index >= 15 is 0 Å². The maximum Gasteiger partial charge on any atom is 0.255 e. The molecule has 2 aromatic rings. The molecule has 1 amide bonds. The summed E-state index contributed by atoms with van der Waals surface area (Å²) >= 11 is 0. The van der Waals surface area contributed by atoms with Crippen molar-refractivity contribution in [3.05, 3.63) is 41.0 Å². The monoisotopic (exact) mass is 286 g/mol. The highest BCUT2D eigenvalue weighted by Gasteiger charge is 2.31. The third-order valence-corrected chi connectivity index (χ3v) is 4.30. The van der Waals surface area contributed by atoms with Crippen LogP contribution in [0.3, 0.4) is 0 Å². The van der Waals surface area contributed by atoms with E-state index in [1.54, 1.807) is 6.20 Å². The number of aryl methyl sites for hydroxylation is 2. The molecule has 2 aromatic heterocycles. The smallest absolute Gasteiger partial charge is 0.255 e. The summed E-state index contributed by atoms with van der Waals surface area (Å²) in [6, 6.07) is 4.11. The number of carbonyl (C=O) groups excluding carboxylic acids is 1. The molecule has 1 fully saturated rings. The van der Waals surface area contributed by atoms with Crippen LogP contribution in [0.1, 0.15) is 53.1 Å². The minimum Gasteiger partial charge on any atom is -0.350 e. The second kappa shape index (κ2) is 5.39. The Labute approximate surface area is 125 Å². The van der Waals surface area contributed by atoms with Crippen molar-refractivity contribution < 1.29 is 4.79 Å². The van der Waals surface area contributed by atoms with Crippen molar-refractivity contribution in [2.75, 3.05) is 0 Å². The van der Waals surface area contributed by atoms with Gasteiger partial charge in [0.25, 0.3) is 5.91 Å². The molecular formula is C16H22N4O. The molecular weight excluding hydrogens is 264 g/mol. The van der Waals surface area contributed by atoms with Crippen LogP contribution >= 0.6 is 0 Å². The van der Waals surface area contributed by atoms with E-state index in [2.05, 4.69) is 34.9 Å². The Hall–Kier alpha value is -2.04. The Morgan fingerprint density at radius 2 is 2.19 bits per heavy atom. The molecule has 0 saturated heterocycles. The predicted molar refractivity (Wildman–Crippen MR) is 81.2 cm³/mol. The SMILES string of the molecule is CCn1ncc(C(=O)NCc2ccc(C)n2C)c1C1CC1. The van der Waals surface area contributed by atoms with E-state index in [4.69, 9.17) is 0 Å². The first-order chi connectivity index (χ1) is 10.1. The van der Waals surface area contributed by atoms with Crippen molar-refractivity contribution >= 4 is 5.91 Å². The van der Waals surface area contributed by atoms with Crippen LogP contribution in [-0.2, 0) is 20.1 Å². The molecule has 5 nitrogen and oxygen atoms in total. The topological polar surface area (TPSA) is 51.9 Å². The number of rotatable bonds is 5. The Balaban J connectivity index is 1.74. The molecule has 0 spiro atoms. The Kier molecular flexibility index (Phi) is 3.57. The molecule has 5 heteroatoms. The molecule has 0 aromatic carbocycles. The highest BCUT2D eigenvalue weighted by atomic mass is 16.1. The number of nitrogens with one attached hydrogen (secondary N) is 1. The summed E-state index contributed by atoms with van der Waals surface area (Å²) in [5.74, 6) is 0.501. The lowest BCUT2D eigenvalue weighted by molar-refractivity contribution is 0.0949. The van der Waals surface area contributed by atoms with Crippen molar-refractivity contribution in [2.24, 2.45) is 7.05 Å². The maximum absolute atomic E-state index is 12.4. The van der Waals surface area contributed by atoms with Gasteiger partial charge in [-0.25, -0.2) is 0 Å². The van der Waals surface area contributed by atoms with E-state index < -0.39 is 0 Å². The number of hydrogen-bond donors (Lipinski definition) is 1. The zero-order chi connectivity index (χ0) is 15.0. The maximum atomic E-state index is 12.4. The normalized spacial score (nSPS) is 14.4. The van der Waals surface area contributed by atoms with E-state index in [0.717, 1.165) is 23.5 Å². The minimum absolute atomic E-state index is 0.0181. The van der Waals surface area contributed by atoms with E-state index in [-0.39, 0.29) is 5.91 Å². The van der Waals surface area contributed by atoms with Gasteiger partial charge in [0.15, 0.2) is 0 Å². The quantitative estimate of drug-likeness (QED) is 0.917. The van der Waals surface area contributed by atoms with Crippen molar-refractivity contribution in [1.82, 2.24) is 19.7 Å². The van der Waals surface area contributed by atoms with Crippen LogP contribution in [0.5, 0.6) is 0 Å². The van der Waals surface area contributed by atoms with Gasteiger partial charge < -0.3 is 9.88 Å². The fraction of sp³-hybridized carbons (Fsp3) is 0.500. The first-order valence-corrected chi connectivity index (χ1v) is 7.57. The summed E-state index contributed by atoms with van der Waals surface area (Å²) in [4.78, 5) is 12.4. The van der Waals surface area contributed by atoms with Gasteiger partial charge in [0.05, 0.1) is 24.0 Å². The number of carbonyl (C=O) groups is 1. The first-order valence-electron chi connectivity index (χ1n) is 7.57. The lowest BCUT2D eigenvalue weighted by Gasteiger charge is -2.09. The molecule has 0 radical (unpaired) electrons. The molecule has 1 aliphatic carbocycles. The standard InChI is InChI=1S/C16H22N4O/c1-4-20-15(12-6-7-12)14(10-18-20)16(21)17-9-13-8-5-11(2)19(13)3/h5,8,10,12H,4,6-7,9H2,1-3H3,(H,17,21). The third-order valence-electron chi connectivity index (χ3n) is 4.30. The summed E-state index contributed by atoms with van der Waals surface area (Å²) in [6.07, 6.45) is 4.05. The van der Waals surface area contributed by atoms with Gasteiger partial charge in [-0.1, -0.05) is 0 Å². The lowest BCUT2D eigenvalue weighted by atomic mass is 10.1. The van der Waals surface area contributed by atoms with Crippen LogP contribution < -0.4 is 5.32 Å². The van der Waals surface area contributed by atoms with Gasteiger partial charge in [-0.05, 0) is 38.8 Å². The highest BCUT2D eigenvalue weighted by Crippen LogP contribution is 2.41. The molecule has 0 aliphatic heterocycles. The van der Waals surface area contributed by atoms with Crippen LogP contribution in [0, 0.1) is 6.92 Å². The van der Waals surface area contributed by atoms with Crippen LogP contribution in [-0.4, -0.2) is 20.3 Å². The van der Waals surface area contributed by atoms with Crippen molar-refractivity contribution in [3.63, 3.8) is 0 Å². The first kappa shape index (κ1) is 13.9. The lowest BCUT2D eigenvalue weighted by Crippen LogP contribution is -2.25. The summed E-state index contributed by atoms with van der Waals surface area (Å²) in [5, 5.41) is 7.36. The molecule has 21 heavy (non-hydrogen) atoms. The van der Waals surface area contributed by atoms with Gasteiger partial charge in [0.2, 0.25) is 0 Å².